The molecule has 1 aliphatic heterocycles. The van der Waals surface area contributed by atoms with Gasteiger partial charge < -0.3 is 10.0 Å². The highest BCUT2D eigenvalue weighted by atomic mass is 16.4. The van der Waals surface area contributed by atoms with Crippen LogP contribution in [0.3, 0.4) is 0 Å². The smallest absolute Gasteiger partial charge is 0.308 e. The number of amides is 1. The van der Waals surface area contributed by atoms with Crippen LogP contribution < -0.4 is 0 Å². The molecule has 1 N–H and O–H groups in total. The van der Waals surface area contributed by atoms with E-state index in [0.717, 1.165) is 11.1 Å². The number of carbonyl (C=O) groups excluding carboxylic acids is 1. The molecular weight excluding hydrogens is 318 g/mol. The Labute approximate surface area is 144 Å². The Morgan fingerprint density at radius 1 is 1.04 bits per heavy atom. The Bertz CT molecular complexity index is 935. The predicted octanol–water partition coefficient (Wildman–Crippen LogP) is 2.27. The summed E-state index contributed by atoms with van der Waals surface area (Å²) in [6.45, 7) is 0.599. The SMILES string of the molecule is O=C(O)[C@@H]1CN(C(=O)c2cnn3ccccc23)C[C@H]1c1ccccc1. The van der Waals surface area contributed by atoms with Gasteiger partial charge in [-0.2, -0.15) is 5.10 Å². The van der Waals surface area contributed by atoms with Crippen molar-refractivity contribution >= 4 is 17.4 Å². The maximum absolute atomic E-state index is 12.9. The van der Waals surface area contributed by atoms with E-state index < -0.39 is 11.9 Å². The van der Waals surface area contributed by atoms with Crippen LogP contribution in [0.5, 0.6) is 0 Å². The molecule has 0 unspecified atom stereocenters. The summed E-state index contributed by atoms with van der Waals surface area (Å²) in [6, 6.07) is 15.1. The van der Waals surface area contributed by atoms with E-state index in [-0.39, 0.29) is 18.4 Å². The molecule has 1 saturated heterocycles. The van der Waals surface area contributed by atoms with E-state index in [2.05, 4.69) is 5.10 Å². The zero-order valence-corrected chi connectivity index (χ0v) is 13.4. The number of nitrogens with zero attached hydrogens (tertiary/aromatic N) is 3. The Morgan fingerprint density at radius 2 is 1.80 bits per heavy atom. The van der Waals surface area contributed by atoms with Crippen molar-refractivity contribution in [3.63, 3.8) is 0 Å². The third-order valence-electron chi connectivity index (χ3n) is 4.81. The van der Waals surface area contributed by atoms with Gasteiger partial charge in [0.05, 0.1) is 23.2 Å². The monoisotopic (exact) mass is 335 g/mol. The second-order valence-corrected chi connectivity index (χ2v) is 6.26. The fourth-order valence-electron chi connectivity index (χ4n) is 3.53. The number of hydrogen-bond acceptors (Lipinski definition) is 3. The van der Waals surface area contributed by atoms with Crippen LogP contribution in [0.25, 0.3) is 5.52 Å². The van der Waals surface area contributed by atoms with Crippen molar-refractivity contribution in [3.05, 3.63) is 72.1 Å². The highest BCUT2D eigenvalue weighted by molar-refractivity contribution is 6.01. The molecule has 126 valence electrons. The first kappa shape index (κ1) is 15.4. The van der Waals surface area contributed by atoms with E-state index in [9.17, 15) is 14.7 Å². The van der Waals surface area contributed by atoms with E-state index in [1.54, 1.807) is 21.8 Å². The normalized spacial score (nSPS) is 20.1. The number of pyridine rings is 1. The number of carboxylic acids is 1. The second-order valence-electron chi connectivity index (χ2n) is 6.26. The van der Waals surface area contributed by atoms with Crippen LogP contribution in [0.1, 0.15) is 21.8 Å². The fourth-order valence-corrected chi connectivity index (χ4v) is 3.53. The van der Waals surface area contributed by atoms with Crippen LogP contribution >= 0.6 is 0 Å². The van der Waals surface area contributed by atoms with Gasteiger partial charge in [-0.25, -0.2) is 4.52 Å². The van der Waals surface area contributed by atoms with Crippen LogP contribution in [0.15, 0.2) is 60.9 Å². The van der Waals surface area contributed by atoms with Crippen molar-refractivity contribution in [2.24, 2.45) is 5.92 Å². The first-order valence-electron chi connectivity index (χ1n) is 8.14. The minimum absolute atomic E-state index is 0.175. The quantitative estimate of drug-likeness (QED) is 0.797. The third-order valence-corrected chi connectivity index (χ3v) is 4.81. The summed E-state index contributed by atoms with van der Waals surface area (Å²) < 4.78 is 1.65. The summed E-state index contributed by atoms with van der Waals surface area (Å²) in [5.41, 5.74) is 2.17. The van der Waals surface area contributed by atoms with E-state index in [0.29, 0.717) is 12.1 Å². The highest BCUT2D eigenvalue weighted by Crippen LogP contribution is 2.34. The van der Waals surface area contributed by atoms with E-state index >= 15 is 0 Å². The zero-order valence-electron chi connectivity index (χ0n) is 13.4. The van der Waals surface area contributed by atoms with Crippen molar-refractivity contribution in [3.8, 4) is 0 Å². The van der Waals surface area contributed by atoms with Gasteiger partial charge in [0, 0.05) is 25.2 Å². The van der Waals surface area contributed by atoms with Crippen molar-refractivity contribution < 1.29 is 14.7 Å². The van der Waals surface area contributed by atoms with Gasteiger partial charge in [-0.3, -0.25) is 9.59 Å². The molecule has 0 bridgehead atoms. The Kier molecular flexibility index (Phi) is 3.72. The molecule has 4 rings (SSSR count). The lowest BCUT2D eigenvalue weighted by Gasteiger charge is -2.16. The maximum Gasteiger partial charge on any atom is 0.308 e. The lowest BCUT2D eigenvalue weighted by molar-refractivity contribution is -0.141. The average molecular weight is 335 g/mol. The van der Waals surface area contributed by atoms with E-state index in [1.807, 2.05) is 48.5 Å². The van der Waals surface area contributed by atoms with Gasteiger partial charge in [0.2, 0.25) is 0 Å². The topological polar surface area (TPSA) is 74.9 Å². The van der Waals surface area contributed by atoms with E-state index in [1.165, 1.54) is 0 Å². The fraction of sp³-hybridized carbons (Fsp3) is 0.211. The summed E-state index contributed by atoms with van der Waals surface area (Å²) in [5, 5.41) is 13.8. The summed E-state index contributed by atoms with van der Waals surface area (Å²) >= 11 is 0. The van der Waals surface area contributed by atoms with Crippen molar-refractivity contribution in [1.29, 1.82) is 0 Å². The highest BCUT2D eigenvalue weighted by Gasteiger charge is 2.41. The molecule has 0 spiro atoms. The summed E-state index contributed by atoms with van der Waals surface area (Å²) in [4.78, 5) is 26.3. The van der Waals surface area contributed by atoms with Gasteiger partial charge >= 0.3 is 5.97 Å². The molecular formula is C19H17N3O3. The van der Waals surface area contributed by atoms with Gasteiger partial charge in [-0.05, 0) is 17.7 Å². The molecule has 6 heteroatoms. The van der Waals surface area contributed by atoms with Crippen molar-refractivity contribution in [2.75, 3.05) is 13.1 Å². The molecule has 1 fully saturated rings. The molecule has 3 heterocycles. The number of hydrogen-bond donors (Lipinski definition) is 1. The molecule has 1 aliphatic rings. The Balaban J connectivity index is 1.65. The number of aromatic nitrogens is 2. The molecule has 2 aromatic heterocycles. The van der Waals surface area contributed by atoms with E-state index in [4.69, 9.17) is 0 Å². The first-order valence-corrected chi connectivity index (χ1v) is 8.14. The lowest BCUT2D eigenvalue weighted by Crippen LogP contribution is -2.29. The molecule has 1 amide bonds. The number of fused-ring (bicyclic) bond motifs is 1. The summed E-state index contributed by atoms with van der Waals surface area (Å²) in [7, 11) is 0. The Morgan fingerprint density at radius 3 is 2.56 bits per heavy atom. The Hall–Kier alpha value is -3.15. The number of rotatable bonds is 3. The van der Waals surface area contributed by atoms with Gasteiger partial charge in [0.1, 0.15) is 0 Å². The molecule has 0 aliphatic carbocycles. The summed E-state index contributed by atoms with van der Waals surface area (Å²) in [6.07, 6.45) is 3.33. The van der Waals surface area contributed by atoms with Crippen LogP contribution in [0.2, 0.25) is 0 Å². The average Bonchev–Trinajstić information content (AvgIpc) is 3.27. The standard InChI is InChI=1S/C19H17N3O3/c23-18(14-10-20-22-9-5-4-8-17(14)22)21-11-15(16(12-21)19(24)25)13-6-2-1-3-7-13/h1-10,15-16H,11-12H2,(H,24,25)/t15-,16+/m0/s1. The lowest BCUT2D eigenvalue weighted by atomic mass is 9.89. The number of aliphatic carboxylic acids is 1. The minimum Gasteiger partial charge on any atom is -0.481 e. The van der Waals surface area contributed by atoms with Crippen LogP contribution in [-0.4, -0.2) is 44.6 Å². The first-order chi connectivity index (χ1) is 12.1. The molecule has 6 nitrogen and oxygen atoms in total. The van der Waals surface area contributed by atoms with Gasteiger partial charge in [0.25, 0.3) is 5.91 Å². The van der Waals surface area contributed by atoms with Crippen LogP contribution in [0.4, 0.5) is 0 Å². The second kappa shape index (κ2) is 6.05. The van der Waals surface area contributed by atoms with Crippen molar-refractivity contribution in [2.45, 2.75) is 5.92 Å². The van der Waals surface area contributed by atoms with Crippen molar-refractivity contribution in [1.82, 2.24) is 14.5 Å². The summed E-state index contributed by atoms with van der Waals surface area (Å²) in [5.74, 6) is -1.85. The molecule has 1 aromatic carbocycles. The molecule has 25 heavy (non-hydrogen) atoms. The molecule has 3 aromatic rings. The zero-order chi connectivity index (χ0) is 17.4. The number of carboxylic acid groups (broad SMARTS) is 1. The minimum atomic E-state index is -0.871. The van der Waals surface area contributed by atoms with Gasteiger partial charge in [0.15, 0.2) is 0 Å². The number of benzene rings is 1. The van der Waals surface area contributed by atoms with Gasteiger partial charge in [-0.1, -0.05) is 36.4 Å². The molecule has 0 radical (unpaired) electrons. The largest absolute Gasteiger partial charge is 0.481 e. The number of likely N-dealkylation sites (tertiary alicyclic amines) is 1. The maximum atomic E-state index is 12.9. The van der Waals surface area contributed by atoms with Crippen LogP contribution in [-0.2, 0) is 4.79 Å². The third kappa shape index (κ3) is 2.65. The molecule has 2 atom stereocenters. The van der Waals surface area contributed by atoms with Gasteiger partial charge in [-0.15, -0.1) is 0 Å². The molecule has 0 saturated carbocycles. The number of carbonyl (C=O) groups is 2. The predicted molar refractivity (Wildman–Crippen MR) is 91.4 cm³/mol. The van der Waals surface area contributed by atoms with Crippen LogP contribution in [0, 0.1) is 5.92 Å².